The third kappa shape index (κ3) is 3.12. The van der Waals surface area contributed by atoms with Gasteiger partial charge in [-0.15, -0.1) is 0 Å². The van der Waals surface area contributed by atoms with Gasteiger partial charge in [0.25, 0.3) is 0 Å². The first kappa shape index (κ1) is 14.6. The summed E-state index contributed by atoms with van der Waals surface area (Å²) >= 11 is 0. The molecule has 0 amide bonds. The number of rotatable bonds is 5. The fourth-order valence-electron chi connectivity index (χ4n) is 2.32. The summed E-state index contributed by atoms with van der Waals surface area (Å²) in [6.45, 7) is 1.84. The van der Waals surface area contributed by atoms with Crippen LogP contribution >= 0.6 is 0 Å². The van der Waals surface area contributed by atoms with Crippen LogP contribution in [0.2, 0.25) is 0 Å². The number of nitrogens with zero attached hydrogens (tertiary/aromatic N) is 2. The normalized spacial score (nSPS) is 11.7. The molecule has 0 saturated carbocycles. The molecule has 1 N–H and O–H groups in total. The molecule has 0 aliphatic rings. The van der Waals surface area contributed by atoms with Gasteiger partial charge in [0.1, 0.15) is 5.65 Å². The summed E-state index contributed by atoms with van der Waals surface area (Å²) in [6, 6.07) is 13.1. The smallest absolute Gasteiger partial charge is 0.232 e. The number of benzene rings is 1. The number of anilines is 1. The highest BCUT2D eigenvalue weighted by molar-refractivity contribution is 7.92. The van der Waals surface area contributed by atoms with Crippen LogP contribution in [0.1, 0.15) is 13.3 Å². The number of hydrogen-bond donors (Lipinski definition) is 1. The van der Waals surface area contributed by atoms with Crippen LogP contribution in [0, 0.1) is 0 Å². The number of hydrogen-bond acceptors (Lipinski definition) is 3. The van der Waals surface area contributed by atoms with Crippen molar-refractivity contribution in [2.75, 3.05) is 10.5 Å². The number of nitrogens with one attached hydrogen (secondary N) is 1. The van der Waals surface area contributed by atoms with E-state index in [9.17, 15) is 8.42 Å². The molecule has 0 bridgehead atoms. The SMILES string of the molecule is CCCS(=O)(=O)Nc1cccc(-c2cn3ccccc3n2)c1. The van der Waals surface area contributed by atoms with Gasteiger partial charge >= 0.3 is 0 Å². The van der Waals surface area contributed by atoms with Gasteiger partial charge in [0.2, 0.25) is 10.0 Å². The Morgan fingerprint density at radius 3 is 2.82 bits per heavy atom. The van der Waals surface area contributed by atoms with Crippen molar-refractivity contribution in [2.45, 2.75) is 13.3 Å². The average molecular weight is 315 g/mol. The summed E-state index contributed by atoms with van der Waals surface area (Å²) in [4.78, 5) is 4.54. The molecule has 2 aromatic heterocycles. The standard InChI is InChI=1S/C16H17N3O2S/c1-2-10-22(20,21)18-14-7-5-6-13(11-14)15-12-19-9-4-3-8-16(19)17-15/h3-9,11-12,18H,2,10H2,1H3. The third-order valence-electron chi connectivity index (χ3n) is 3.27. The first-order chi connectivity index (χ1) is 10.6. The summed E-state index contributed by atoms with van der Waals surface area (Å²) in [5.74, 6) is 0.117. The Morgan fingerprint density at radius 2 is 2.05 bits per heavy atom. The third-order valence-corrected chi connectivity index (χ3v) is 4.76. The highest BCUT2D eigenvalue weighted by Crippen LogP contribution is 2.23. The minimum Gasteiger partial charge on any atom is -0.306 e. The average Bonchev–Trinajstić information content (AvgIpc) is 2.91. The zero-order chi connectivity index (χ0) is 15.6. The van der Waals surface area contributed by atoms with Crippen LogP contribution in [0.25, 0.3) is 16.9 Å². The Balaban J connectivity index is 1.94. The molecule has 1 aromatic carbocycles. The van der Waals surface area contributed by atoms with Gasteiger partial charge in [0, 0.05) is 23.6 Å². The molecule has 0 fully saturated rings. The van der Waals surface area contributed by atoms with E-state index in [0.29, 0.717) is 12.1 Å². The summed E-state index contributed by atoms with van der Waals surface area (Å²) in [5.41, 5.74) is 3.10. The van der Waals surface area contributed by atoms with Crippen LogP contribution in [-0.4, -0.2) is 23.6 Å². The lowest BCUT2D eigenvalue weighted by Gasteiger charge is -2.07. The molecule has 0 unspecified atom stereocenters. The molecule has 0 aliphatic carbocycles. The van der Waals surface area contributed by atoms with Gasteiger partial charge in [-0.05, 0) is 30.7 Å². The Kier molecular flexibility index (Phi) is 3.85. The molecule has 3 rings (SSSR count). The molecule has 0 saturated heterocycles. The molecule has 0 atom stereocenters. The second-order valence-electron chi connectivity index (χ2n) is 5.09. The maximum Gasteiger partial charge on any atom is 0.232 e. The summed E-state index contributed by atoms with van der Waals surface area (Å²) in [5, 5.41) is 0. The quantitative estimate of drug-likeness (QED) is 0.786. The van der Waals surface area contributed by atoms with Crippen molar-refractivity contribution in [1.29, 1.82) is 0 Å². The fourth-order valence-corrected chi connectivity index (χ4v) is 3.44. The molecule has 114 valence electrons. The molecular weight excluding hydrogens is 298 g/mol. The summed E-state index contributed by atoms with van der Waals surface area (Å²) in [7, 11) is -3.28. The van der Waals surface area contributed by atoms with Gasteiger partial charge in [-0.2, -0.15) is 0 Å². The van der Waals surface area contributed by atoms with E-state index < -0.39 is 10.0 Å². The number of pyridine rings is 1. The minimum atomic E-state index is -3.28. The van der Waals surface area contributed by atoms with Crippen LogP contribution < -0.4 is 4.72 Å². The highest BCUT2D eigenvalue weighted by atomic mass is 32.2. The molecule has 6 heteroatoms. The van der Waals surface area contributed by atoms with Crippen LogP contribution in [0.4, 0.5) is 5.69 Å². The van der Waals surface area contributed by atoms with E-state index in [0.717, 1.165) is 16.9 Å². The van der Waals surface area contributed by atoms with E-state index in [1.807, 2.05) is 54.0 Å². The first-order valence-electron chi connectivity index (χ1n) is 7.12. The van der Waals surface area contributed by atoms with Crippen LogP contribution in [0.15, 0.2) is 54.9 Å². The number of aromatic nitrogens is 2. The minimum absolute atomic E-state index is 0.117. The molecule has 0 spiro atoms. The van der Waals surface area contributed by atoms with Crippen molar-refractivity contribution in [3.63, 3.8) is 0 Å². The molecule has 22 heavy (non-hydrogen) atoms. The fraction of sp³-hybridized carbons (Fsp3) is 0.188. The van der Waals surface area contributed by atoms with Crippen molar-refractivity contribution in [2.24, 2.45) is 0 Å². The van der Waals surface area contributed by atoms with E-state index in [1.54, 1.807) is 12.1 Å². The van der Waals surface area contributed by atoms with Gasteiger partial charge in [0.05, 0.1) is 11.4 Å². The Labute approximate surface area is 129 Å². The maximum atomic E-state index is 11.9. The van der Waals surface area contributed by atoms with Crippen LogP contribution in [0.3, 0.4) is 0 Å². The van der Waals surface area contributed by atoms with Gasteiger partial charge in [-0.3, -0.25) is 4.72 Å². The molecule has 2 heterocycles. The van der Waals surface area contributed by atoms with E-state index >= 15 is 0 Å². The van der Waals surface area contributed by atoms with Gasteiger partial charge in [-0.1, -0.05) is 25.1 Å². The van der Waals surface area contributed by atoms with Gasteiger partial charge in [-0.25, -0.2) is 13.4 Å². The van der Waals surface area contributed by atoms with Crippen molar-refractivity contribution >= 4 is 21.4 Å². The molecule has 0 radical (unpaired) electrons. The lowest BCUT2D eigenvalue weighted by Crippen LogP contribution is -2.15. The maximum absolute atomic E-state index is 11.9. The zero-order valence-electron chi connectivity index (χ0n) is 12.2. The number of imidazole rings is 1. The van der Waals surface area contributed by atoms with E-state index in [4.69, 9.17) is 0 Å². The number of sulfonamides is 1. The largest absolute Gasteiger partial charge is 0.306 e. The highest BCUT2D eigenvalue weighted by Gasteiger charge is 2.10. The Morgan fingerprint density at radius 1 is 1.18 bits per heavy atom. The molecule has 0 aliphatic heterocycles. The Hall–Kier alpha value is -2.34. The second kappa shape index (κ2) is 5.81. The molecule has 5 nitrogen and oxygen atoms in total. The van der Waals surface area contributed by atoms with Crippen molar-refractivity contribution < 1.29 is 8.42 Å². The predicted molar refractivity (Wildman–Crippen MR) is 88.3 cm³/mol. The first-order valence-corrected chi connectivity index (χ1v) is 8.77. The van der Waals surface area contributed by atoms with Crippen LogP contribution in [-0.2, 0) is 10.0 Å². The summed E-state index contributed by atoms with van der Waals surface area (Å²) < 4.78 is 28.3. The Bertz CT molecular complexity index is 867. The predicted octanol–water partition coefficient (Wildman–Crippen LogP) is 3.15. The van der Waals surface area contributed by atoms with Gasteiger partial charge in [0.15, 0.2) is 0 Å². The van der Waals surface area contributed by atoms with E-state index in [1.165, 1.54) is 0 Å². The van der Waals surface area contributed by atoms with Crippen molar-refractivity contribution in [1.82, 2.24) is 9.38 Å². The van der Waals surface area contributed by atoms with Crippen LogP contribution in [0.5, 0.6) is 0 Å². The monoisotopic (exact) mass is 315 g/mol. The topological polar surface area (TPSA) is 63.5 Å². The lowest BCUT2D eigenvalue weighted by molar-refractivity contribution is 0.600. The van der Waals surface area contributed by atoms with E-state index in [2.05, 4.69) is 9.71 Å². The van der Waals surface area contributed by atoms with Gasteiger partial charge < -0.3 is 4.40 Å². The summed E-state index contributed by atoms with van der Waals surface area (Å²) in [6.07, 6.45) is 4.44. The lowest BCUT2D eigenvalue weighted by atomic mass is 10.1. The van der Waals surface area contributed by atoms with Crippen molar-refractivity contribution in [3.05, 3.63) is 54.9 Å². The second-order valence-corrected chi connectivity index (χ2v) is 6.94. The van der Waals surface area contributed by atoms with Crippen molar-refractivity contribution in [3.8, 4) is 11.3 Å². The van der Waals surface area contributed by atoms with E-state index in [-0.39, 0.29) is 5.75 Å². The number of fused-ring (bicyclic) bond motifs is 1. The zero-order valence-corrected chi connectivity index (χ0v) is 13.0. The molecular formula is C16H17N3O2S. The molecule has 3 aromatic rings.